The molecule has 132 valence electrons. The van der Waals surface area contributed by atoms with Crippen LogP contribution in [-0.2, 0) is 11.3 Å². The van der Waals surface area contributed by atoms with E-state index in [1.165, 1.54) is 12.0 Å². The van der Waals surface area contributed by atoms with Gasteiger partial charge in [-0.25, -0.2) is 0 Å². The number of nitrogens with two attached hydrogens (primary N) is 1. The molecule has 0 radical (unpaired) electrons. The Morgan fingerprint density at radius 1 is 1.26 bits per heavy atom. The molecule has 0 aromatic heterocycles. The van der Waals surface area contributed by atoms with Crippen LogP contribution in [-0.4, -0.2) is 37.0 Å². The molecule has 0 aliphatic heterocycles. The fraction of sp³-hybridized carbons (Fsp3) is 0.588. The van der Waals surface area contributed by atoms with Crippen LogP contribution in [0.5, 0.6) is 0 Å². The van der Waals surface area contributed by atoms with Gasteiger partial charge >= 0.3 is 0 Å². The number of hydrogen-bond acceptors (Lipinski definition) is 3. The van der Waals surface area contributed by atoms with E-state index < -0.39 is 0 Å². The Morgan fingerprint density at radius 2 is 1.96 bits per heavy atom. The summed E-state index contributed by atoms with van der Waals surface area (Å²) in [5.41, 5.74) is 7.30. The SMILES string of the molecule is CN(CCNC(=O)C[C@@H]1CCC[C@H]1N)Cc1ccccc1.Cl.Cl. The van der Waals surface area contributed by atoms with Crippen molar-refractivity contribution < 1.29 is 4.79 Å². The van der Waals surface area contributed by atoms with E-state index in [-0.39, 0.29) is 36.8 Å². The Kier molecular flexibility index (Phi) is 11.3. The van der Waals surface area contributed by atoms with Crippen molar-refractivity contribution in [3.05, 3.63) is 35.9 Å². The minimum atomic E-state index is 0. The maximum Gasteiger partial charge on any atom is 0.220 e. The molecule has 2 rings (SSSR count). The maximum absolute atomic E-state index is 11.9. The molecule has 4 nitrogen and oxygen atoms in total. The van der Waals surface area contributed by atoms with Gasteiger partial charge in [-0.2, -0.15) is 0 Å². The van der Waals surface area contributed by atoms with Gasteiger partial charge in [-0.15, -0.1) is 24.8 Å². The first kappa shape index (κ1) is 22.2. The van der Waals surface area contributed by atoms with Crippen LogP contribution < -0.4 is 11.1 Å². The third-order valence-electron chi connectivity index (χ3n) is 4.28. The number of rotatable bonds is 7. The molecular weight excluding hydrogens is 333 g/mol. The molecule has 0 unspecified atom stereocenters. The summed E-state index contributed by atoms with van der Waals surface area (Å²) in [4.78, 5) is 14.1. The Morgan fingerprint density at radius 3 is 2.57 bits per heavy atom. The molecule has 6 heteroatoms. The summed E-state index contributed by atoms with van der Waals surface area (Å²) in [6.07, 6.45) is 3.92. The van der Waals surface area contributed by atoms with E-state index in [9.17, 15) is 4.79 Å². The monoisotopic (exact) mass is 361 g/mol. The zero-order valence-corrected chi connectivity index (χ0v) is 15.4. The fourth-order valence-electron chi connectivity index (χ4n) is 2.99. The predicted molar refractivity (Wildman–Crippen MR) is 100 cm³/mol. The molecule has 0 spiro atoms. The molecule has 0 bridgehead atoms. The second-order valence-electron chi connectivity index (χ2n) is 6.13. The highest BCUT2D eigenvalue weighted by Crippen LogP contribution is 2.26. The molecule has 1 aliphatic carbocycles. The number of halogens is 2. The van der Waals surface area contributed by atoms with E-state index in [0.29, 0.717) is 18.9 Å². The average molecular weight is 362 g/mol. The first-order valence-electron chi connectivity index (χ1n) is 7.90. The third kappa shape index (κ3) is 8.02. The van der Waals surface area contributed by atoms with Gasteiger partial charge in [0.2, 0.25) is 5.91 Å². The molecule has 1 aliphatic rings. The smallest absolute Gasteiger partial charge is 0.220 e. The highest BCUT2D eigenvalue weighted by molar-refractivity contribution is 5.85. The van der Waals surface area contributed by atoms with Gasteiger partial charge in [-0.05, 0) is 31.4 Å². The van der Waals surface area contributed by atoms with Gasteiger partial charge in [-0.3, -0.25) is 4.79 Å². The van der Waals surface area contributed by atoms with Gasteiger partial charge < -0.3 is 16.0 Å². The lowest BCUT2D eigenvalue weighted by atomic mass is 10.00. The Bertz CT molecular complexity index is 445. The summed E-state index contributed by atoms with van der Waals surface area (Å²) in [5, 5.41) is 3.01. The quantitative estimate of drug-likeness (QED) is 0.784. The van der Waals surface area contributed by atoms with Crippen LogP contribution in [0.4, 0.5) is 0 Å². The lowest BCUT2D eigenvalue weighted by molar-refractivity contribution is -0.122. The van der Waals surface area contributed by atoms with Gasteiger partial charge in [0.05, 0.1) is 0 Å². The van der Waals surface area contributed by atoms with Gasteiger partial charge in [0.25, 0.3) is 0 Å². The van der Waals surface area contributed by atoms with Crippen molar-refractivity contribution in [1.29, 1.82) is 0 Å². The number of likely N-dealkylation sites (N-methyl/N-ethyl adjacent to an activating group) is 1. The summed E-state index contributed by atoms with van der Waals surface area (Å²) in [5.74, 6) is 0.525. The highest BCUT2D eigenvalue weighted by Gasteiger charge is 2.25. The Labute approximate surface area is 152 Å². The van der Waals surface area contributed by atoms with E-state index in [1.54, 1.807) is 0 Å². The second-order valence-corrected chi connectivity index (χ2v) is 6.13. The molecule has 1 fully saturated rings. The van der Waals surface area contributed by atoms with Crippen LogP contribution in [0.2, 0.25) is 0 Å². The minimum absolute atomic E-state index is 0. The van der Waals surface area contributed by atoms with E-state index in [0.717, 1.165) is 25.9 Å². The summed E-state index contributed by atoms with van der Waals surface area (Å²) < 4.78 is 0. The van der Waals surface area contributed by atoms with E-state index in [2.05, 4.69) is 41.5 Å². The van der Waals surface area contributed by atoms with Crippen molar-refractivity contribution in [1.82, 2.24) is 10.2 Å². The van der Waals surface area contributed by atoms with Crippen molar-refractivity contribution in [2.24, 2.45) is 11.7 Å². The summed E-state index contributed by atoms with van der Waals surface area (Å²) >= 11 is 0. The third-order valence-corrected chi connectivity index (χ3v) is 4.28. The number of amides is 1. The highest BCUT2D eigenvalue weighted by atomic mass is 35.5. The number of hydrogen-bond donors (Lipinski definition) is 2. The Balaban J connectivity index is 0.00000242. The van der Waals surface area contributed by atoms with Gasteiger partial charge in [-0.1, -0.05) is 36.8 Å². The van der Waals surface area contributed by atoms with Crippen molar-refractivity contribution in [3.63, 3.8) is 0 Å². The second kappa shape index (κ2) is 11.7. The van der Waals surface area contributed by atoms with E-state index in [1.807, 2.05) is 6.07 Å². The first-order valence-corrected chi connectivity index (χ1v) is 7.90. The summed E-state index contributed by atoms with van der Waals surface area (Å²) in [6, 6.07) is 10.6. The molecular formula is C17H29Cl2N3O. The first-order chi connectivity index (χ1) is 10.1. The molecule has 1 aromatic rings. The van der Waals surface area contributed by atoms with E-state index in [4.69, 9.17) is 5.73 Å². The molecule has 2 atom stereocenters. The van der Waals surface area contributed by atoms with Gasteiger partial charge in [0.1, 0.15) is 0 Å². The summed E-state index contributed by atoms with van der Waals surface area (Å²) in [6.45, 7) is 2.46. The summed E-state index contributed by atoms with van der Waals surface area (Å²) in [7, 11) is 2.08. The number of benzene rings is 1. The molecule has 3 N–H and O–H groups in total. The fourth-order valence-corrected chi connectivity index (χ4v) is 2.99. The van der Waals surface area contributed by atoms with Crippen LogP contribution in [0.25, 0.3) is 0 Å². The number of carbonyl (C=O) groups excluding carboxylic acids is 1. The molecule has 1 amide bonds. The standard InChI is InChI=1S/C17H27N3O.2ClH/c1-20(13-14-6-3-2-4-7-14)11-10-19-17(21)12-15-8-5-9-16(15)18;;/h2-4,6-7,15-16H,5,8-13,18H2,1H3,(H,19,21);2*1H/t15-,16+;;/m0../s1. The lowest BCUT2D eigenvalue weighted by Gasteiger charge is -2.18. The zero-order valence-electron chi connectivity index (χ0n) is 13.7. The largest absolute Gasteiger partial charge is 0.355 e. The lowest BCUT2D eigenvalue weighted by Crippen LogP contribution is -2.35. The zero-order chi connectivity index (χ0) is 15.1. The van der Waals surface area contributed by atoms with Crippen molar-refractivity contribution in [2.75, 3.05) is 20.1 Å². The topological polar surface area (TPSA) is 58.4 Å². The normalized spacial score (nSPS) is 19.8. The van der Waals surface area contributed by atoms with Crippen LogP contribution in [0.3, 0.4) is 0 Å². The molecule has 1 aromatic carbocycles. The number of carbonyl (C=O) groups is 1. The van der Waals surface area contributed by atoms with Crippen molar-refractivity contribution >= 4 is 30.7 Å². The molecule has 0 saturated heterocycles. The van der Waals surface area contributed by atoms with Gasteiger partial charge in [0.15, 0.2) is 0 Å². The van der Waals surface area contributed by atoms with Crippen molar-refractivity contribution in [2.45, 2.75) is 38.3 Å². The molecule has 0 heterocycles. The minimum Gasteiger partial charge on any atom is -0.355 e. The Hall–Kier alpha value is -0.810. The number of nitrogens with one attached hydrogen (secondary N) is 1. The predicted octanol–water partition coefficient (Wildman–Crippen LogP) is 2.60. The number of nitrogens with zero attached hydrogens (tertiary/aromatic N) is 1. The van der Waals surface area contributed by atoms with E-state index >= 15 is 0 Å². The average Bonchev–Trinajstić information content (AvgIpc) is 2.85. The van der Waals surface area contributed by atoms with Crippen LogP contribution in [0.15, 0.2) is 30.3 Å². The van der Waals surface area contributed by atoms with Gasteiger partial charge in [0, 0.05) is 32.1 Å². The maximum atomic E-state index is 11.9. The molecule has 23 heavy (non-hydrogen) atoms. The van der Waals surface area contributed by atoms with Crippen molar-refractivity contribution in [3.8, 4) is 0 Å². The van der Waals surface area contributed by atoms with Crippen LogP contribution in [0.1, 0.15) is 31.2 Å². The van der Waals surface area contributed by atoms with Crippen LogP contribution >= 0.6 is 24.8 Å². The van der Waals surface area contributed by atoms with Crippen LogP contribution in [0, 0.1) is 5.92 Å². The molecule has 1 saturated carbocycles.